The van der Waals surface area contributed by atoms with Crippen molar-refractivity contribution in [1.29, 1.82) is 5.53 Å². The van der Waals surface area contributed by atoms with Gasteiger partial charge in [0, 0.05) is 13.2 Å². The Bertz CT molecular complexity index is 201. The number of carbonyl (C=O) groups excluding carboxylic acids is 1. The Labute approximate surface area is 63.7 Å². The molecule has 11 heavy (non-hydrogen) atoms. The quantitative estimate of drug-likeness (QED) is 0.388. The summed E-state index contributed by atoms with van der Waals surface area (Å²) in [6.07, 6.45) is 2.94. The molecular formula is C5H9N5O. The highest BCUT2D eigenvalue weighted by molar-refractivity contribution is 5.76. The molecule has 1 unspecified atom stereocenters. The summed E-state index contributed by atoms with van der Waals surface area (Å²) < 4.78 is 0. The summed E-state index contributed by atoms with van der Waals surface area (Å²) in [5, 5.41) is 5.48. The number of nitrogens with zero attached hydrogens (tertiary/aromatic N) is 2. The molecule has 3 N–H and O–H groups in total. The first-order chi connectivity index (χ1) is 5.24. The number of carbonyl (C=O) groups is 1. The van der Waals surface area contributed by atoms with E-state index in [1.807, 2.05) is 0 Å². The van der Waals surface area contributed by atoms with E-state index in [1.54, 1.807) is 19.3 Å². The van der Waals surface area contributed by atoms with E-state index in [0.29, 0.717) is 0 Å². The van der Waals surface area contributed by atoms with Crippen LogP contribution >= 0.6 is 0 Å². The highest BCUT2D eigenvalue weighted by atomic mass is 16.2. The van der Waals surface area contributed by atoms with E-state index in [0.717, 1.165) is 0 Å². The minimum Gasteiger partial charge on any atom is -0.313 e. The van der Waals surface area contributed by atoms with Crippen LogP contribution in [-0.2, 0) is 0 Å². The summed E-state index contributed by atoms with van der Waals surface area (Å²) >= 11 is 0. The van der Waals surface area contributed by atoms with Crippen LogP contribution in [0.3, 0.4) is 0 Å². The topological polar surface area (TPSA) is 80.6 Å². The zero-order valence-electron chi connectivity index (χ0n) is 6.03. The molecule has 6 nitrogen and oxygen atoms in total. The zero-order chi connectivity index (χ0) is 8.27. The highest BCUT2D eigenvalue weighted by Gasteiger charge is 2.15. The van der Waals surface area contributed by atoms with Crippen molar-refractivity contribution in [2.45, 2.75) is 6.17 Å². The molecule has 1 aliphatic heterocycles. The number of hydrogen-bond acceptors (Lipinski definition) is 3. The smallest absolute Gasteiger partial charge is 0.313 e. The monoisotopic (exact) mass is 155 g/mol. The molecule has 1 rings (SSSR count). The van der Waals surface area contributed by atoms with Gasteiger partial charge in [0.05, 0.1) is 0 Å². The lowest BCUT2D eigenvalue weighted by molar-refractivity contribution is 0.214. The summed E-state index contributed by atoms with van der Waals surface area (Å²) in [7, 11) is 1.64. The normalized spacial score (nSPS) is 22.8. The lowest BCUT2D eigenvalue weighted by Gasteiger charge is -2.23. The molecule has 2 amide bonds. The maximum Gasteiger partial charge on any atom is 0.323 e. The van der Waals surface area contributed by atoms with E-state index < -0.39 is 0 Å². The molecule has 0 fully saturated rings. The minimum atomic E-state index is -0.365. The third kappa shape index (κ3) is 1.66. The first-order valence-corrected chi connectivity index (χ1v) is 3.07. The van der Waals surface area contributed by atoms with Crippen LogP contribution in [-0.4, -0.2) is 24.1 Å². The van der Waals surface area contributed by atoms with Crippen molar-refractivity contribution in [3.05, 3.63) is 12.3 Å². The van der Waals surface area contributed by atoms with E-state index in [4.69, 9.17) is 5.53 Å². The van der Waals surface area contributed by atoms with Crippen molar-refractivity contribution in [2.75, 3.05) is 7.05 Å². The molecule has 0 aromatic rings. The maximum absolute atomic E-state index is 10.9. The van der Waals surface area contributed by atoms with E-state index in [9.17, 15) is 4.79 Å². The number of nitrogens with one attached hydrogen (secondary N) is 3. The van der Waals surface area contributed by atoms with Gasteiger partial charge < -0.3 is 10.2 Å². The van der Waals surface area contributed by atoms with Gasteiger partial charge in [-0.3, -0.25) is 5.43 Å². The van der Waals surface area contributed by atoms with E-state index in [2.05, 4.69) is 16.0 Å². The molecule has 1 heterocycles. The summed E-state index contributed by atoms with van der Waals surface area (Å²) in [6, 6.07) is -0.214. The first-order valence-electron chi connectivity index (χ1n) is 3.07. The molecule has 0 bridgehead atoms. The second-order valence-corrected chi connectivity index (χ2v) is 2.12. The molecular weight excluding hydrogens is 146 g/mol. The van der Waals surface area contributed by atoms with Gasteiger partial charge in [-0.05, 0) is 6.08 Å². The summed E-state index contributed by atoms with van der Waals surface area (Å²) in [5.74, 6) is 0. The van der Waals surface area contributed by atoms with Gasteiger partial charge >= 0.3 is 6.03 Å². The third-order valence-electron chi connectivity index (χ3n) is 1.31. The van der Waals surface area contributed by atoms with Crippen molar-refractivity contribution in [2.24, 2.45) is 5.22 Å². The standard InChI is InChI=1S/C5H9N5O/c1-10-3-2-4(8-9-6)7-5(10)11/h2-4H,1H3,(H2,6,8)(H,7,11). The Kier molecular flexibility index (Phi) is 2.05. The fourth-order valence-electron chi connectivity index (χ4n) is 0.711. The Morgan fingerprint density at radius 3 is 3.18 bits per heavy atom. The molecule has 0 aromatic carbocycles. The second kappa shape index (κ2) is 3.00. The number of urea groups is 1. The maximum atomic E-state index is 10.9. The molecule has 0 aliphatic carbocycles. The number of rotatable bonds is 2. The predicted molar refractivity (Wildman–Crippen MR) is 37.5 cm³/mol. The van der Waals surface area contributed by atoms with Crippen molar-refractivity contribution >= 4 is 6.03 Å². The second-order valence-electron chi connectivity index (χ2n) is 2.12. The van der Waals surface area contributed by atoms with E-state index >= 15 is 0 Å². The van der Waals surface area contributed by atoms with Gasteiger partial charge in [-0.1, -0.05) is 5.22 Å². The first kappa shape index (κ1) is 7.52. The molecule has 0 saturated heterocycles. The van der Waals surface area contributed by atoms with Crippen LogP contribution < -0.4 is 10.7 Å². The fourth-order valence-corrected chi connectivity index (χ4v) is 0.711. The summed E-state index contributed by atoms with van der Waals surface area (Å²) in [6.45, 7) is 0. The van der Waals surface area contributed by atoms with Gasteiger partial charge in [0.15, 0.2) is 0 Å². The Morgan fingerprint density at radius 2 is 2.64 bits per heavy atom. The Morgan fingerprint density at radius 1 is 1.91 bits per heavy atom. The van der Waals surface area contributed by atoms with Crippen LogP contribution in [0.5, 0.6) is 0 Å². The van der Waals surface area contributed by atoms with Gasteiger partial charge in [0.25, 0.3) is 0 Å². The number of hydrogen-bond donors (Lipinski definition) is 3. The summed E-state index contributed by atoms with van der Waals surface area (Å²) in [4.78, 5) is 12.3. The Hall–Kier alpha value is -1.59. The lowest BCUT2D eigenvalue weighted by atomic mass is 10.4. The highest BCUT2D eigenvalue weighted by Crippen LogP contribution is 1.96. The average Bonchev–Trinajstić information content (AvgIpc) is 1.98. The van der Waals surface area contributed by atoms with Crippen molar-refractivity contribution < 1.29 is 4.79 Å². The molecule has 0 spiro atoms. The third-order valence-corrected chi connectivity index (χ3v) is 1.31. The van der Waals surface area contributed by atoms with Gasteiger partial charge in [-0.15, -0.1) is 0 Å². The van der Waals surface area contributed by atoms with Crippen LogP contribution in [0.25, 0.3) is 0 Å². The van der Waals surface area contributed by atoms with Gasteiger partial charge in [-0.2, -0.15) is 5.53 Å². The van der Waals surface area contributed by atoms with Gasteiger partial charge in [0.1, 0.15) is 6.17 Å². The van der Waals surface area contributed by atoms with Gasteiger partial charge in [0.2, 0.25) is 0 Å². The average molecular weight is 155 g/mol. The van der Waals surface area contributed by atoms with Crippen molar-refractivity contribution in [3.63, 3.8) is 0 Å². The molecule has 6 heteroatoms. The van der Waals surface area contributed by atoms with Crippen LogP contribution in [0.15, 0.2) is 17.5 Å². The van der Waals surface area contributed by atoms with Crippen LogP contribution in [0.1, 0.15) is 0 Å². The Balaban J connectivity index is 2.56. The molecule has 0 aromatic heterocycles. The number of amides is 2. The summed E-state index contributed by atoms with van der Waals surface area (Å²) in [5.41, 5.74) is 8.85. The molecule has 1 aliphatic rings. The van der Waals surface area contributed by atoms with Gasteiger partial charge in [-0.25, -0.2) is 4.79 Å². The lowest BCUT2D eigenvalue weighted by Crippen LogP contribution is -2.49. The minimum absolute atomic E-state index is 0.214. The SMILES string of the molecule is CN1C=CC(NN=N)NC1=O. The predicted octanol–water partition coefficient (Wildman–Crippen LogP) is 0.0168. The van der Waals surface area contributed by atoms with Crippen LogP contribution in [0.2, 0.25) is 0 Å². The van der Waals surface area contributed by atoms with Crippen molar-refractivity contribution in [3.8, 4) is 0 Å². The van der Waals surface area contributed by atoms with E-state index in [-0.39, 0.29) is 12.2 Å². The van der Waals surface area contributed by atoms with Crippen LogP contribution in [0.4, 0.5) is 4.79 Å². The molecule has 60 valence electrons. The van der Waals surface area contributed by atoms with Crippen LogP contribution in [0, 0.1) is 5.53 Å². The molecule has 0 radical (unpaired) electrons. The van der Waals surface area contributed by atoms with E-state index in [1.165, 1.54) is 4.90 Å². The van der Waals surface area contributed by atoms with Crippen molar-refractivity contribution in [1.82, 2.24) is 15.6 Å². The largest absolute Gasteiger partial charge is 0.323 e. The molecule has 0 saturated carbocycles. The molecule has 1 atom stereocenters. The fraction of sp³-hybridized carbons (Fsp3) is 0.400. The zero-order valence-corrected chi connectivity index (χ0v) is 6.03.